The second kappa shape index (κ2) is 10.1. The SMILES string of the molecule is C=CCN(CCOC)Cc1ccc(CNC(C)C)cc1Br. The van der Waals surface area contributed by atoms with E-state index in [1.807, 2.05) is 6.08 Å². The smallest absolute Gasteiger partial charge is 0.0589 e. The third-order valence-electron chi connectivity index (χ3n) is 3.22. The lowest BCUT2D eigenvalue weighted by atomic mass is 10.1. The van der Waals surface area contributed by atoms with Crippen LogP contribution in [0.5, 0.6) is 0 Å². The van der Waals surface area contributed by atoms with E-state index < -0.39 is 0 Å². The summed E-state index contributed by atoms with van der Waals surface area (Å²) in [6.07, 6.45) is 1.94. The Bertz CT molecular complexity index is 435. The van der Waals surface area contributed by atoms with Gasteiger partial charge in [-0.3, -0.25) is 4.90 Å². The van der Waals surface area contributed by atoms with Gasteiger partial charge in [0.2, 0.25) is 0 Å². The zero-order chi connectivity index (χ0) is 15.7. The van der Waals surface area contributed by atoms with Crippen LogP contribution < -0.4 is 5.32 Å². The van der Waals surface area contributed by atoms with Crippen LogP contribution in [-0.4, -0.2) is 37.7 Å². The lowest BCUT2D eigenvalue weighted by molar-refractivity contribution is 0.151. The van der Waals surface area contributed by atoms with E-state index in [1.54, 1.807) is 7.11 Å². The Morgan fingerprint density at radius 2 is 2.19 bits per heavy atom. The highest BCUT2D eigenvalue weighted by molar-refractivity contribution is 9.10. The molecule has 1 aromatic carbocycles. The number of hydrogen-bond acceptors (Lipinski definition) is 3. The summed E-state index contributed by atoms with van der Waals surface area (Å²) in [5, 5.41) is 3.44. The molecule has 1 rings (SSSR count). The van der Waals surface area contributed by atoms with Crippen molar-refractivity contribution >= 4 is 15.9 Å². The zero-order valence-corrected chi connectivity index (χ0v) is 14.9. The molecular weight excluding hydrogens is 328 g/mol. The molecule has 0 atom stereocenters. The van der Waals surface area contributed by atoms with Gasteiger partial charge in [0.05, 0.1) is 6.61 Å². The Hall–Kier alpha value is -0.680. The minimum absolute atomic E-state index is 0.501. The van der Waals surface area contributed by atoms with E-state index in [0.29, 0.717) is 6.04 Å². The monoisotopic (exact) mass is 354 g/mol. The van der Waals surface area contributed by atoms with E-state index in [4.69, 9.17) is 4.74 Å². The van der Waals surface area contributed by atoms with Gasteiger partial charge >= 0.3 is 0 Å². The number of nitrogens with zero attached hydrogens (tertiary/aromatic N) is 1. The van der Waals surface area contributed by atoms with E-state index in [9.17, 15) is 0 Å². The summed E-state index contributed by atoms with van der Waals surface area (Å²) in [5.74, 6) is 0. The standard InChI is InChI=1S/C17H27BrN2O/c1-5-8-20(9-10-21-4)13-16-7-6-15(11-17(16)18)12-19-14(2)3/h5-7,11,14,19H,1,8-10,12-13H2,2-4H3. The van der Waals surface area contributed by atoms with Crippen molar-refractivity contribution in [2.45, 2.75) is 33.0 Å². The van der Waals surface area contributed by atoms with Crippen molar-refractivity contribution in [2.24, 2.45) is 0 Å². The molecule has 0 amide bonds. The molecule has 1 aromatic rings. The fraction of sp³-hybridized carbons (Fsp3) is 0.529. The van der Waals surface area contributed by atoms with Crippen LogP contribution in [0.15, 0.2) is 35.3 Å². The van der Waals surface area contributed by atoms with E-state index >= 15 is 0 Å². The quantitative estimate of drug-likeness (QED) is 0.650. The summed E-state index contributed by atoms with van der Waals surface area (Å²) in [5.41, 5.74) is 2.59. The number of halogens is 1. The lowest BCUT2D eigenvalue weighted by Crippen LogP contribution is -2.27. The summed E-state index contributed by atoms with van der Waals surface area (Å²) in [7, 11) is 1.73. The van der Waals surface area contributed by atoms with Gasteiger partial charge in [0.1, 0.15) is 0 Å². The Labute approximate surface area is 137 Å². The van der Waals surface area contributed by atoms with E-state index in [0.717, 1.165) is 37.3 Å². The second-order valence-electron chi connectivity index (χ2n) is 5.48. The largest absolute Gasteiger partial charge is 0.383 e. The van der Waals surface area contributed by atoms with Crippen LogP contribution in [0.4, 0.5) is 0 Å². The molecule has 0 aromatic heterocycles. The maximum absolute atomic E-state index is 5.16. The minimum Gasteiger partial charge on any atom is -0.383 e. The molecule has 0 aliphatic heterocycles. The van der Waals surface area contributed by atoms with Gasteiger partial charge in [-0.2, -0.15) is 0 Å². The van der Waals surface area contributed by atoms with Gasteiger partial charge in [0.25, 0.3) is 0 Å². The minimum atomic E-state index is 0.501. The Morgan fingerprint density at radius 3 is 2.76 bits per heavy atom. The molecule has 118 valence electrons. The first-order valence-electron chi connectivity index (χ1n) is 7.39. The van der Waals surface area contributed by atoms with Crippen LogP contribution in [0.3, 0.4) is 0 Å². The number of methoxy groups -OCH3 is 1. The predicted molar refractivity (Wildman–Crippen MR) is 93.5 cm³/mol. The highest BCUT2D eigenvalue weighted by atomic mass is 79.9. The van der Waals surface area contributed by atoms with Crippen molar-refractivity contribution in [3.8, 4) is 0 Å². The molecule has 0 radical (unpaired) electrons. The van der Waals surface area contributed by atoms with Crippen LogP contribution in [0.1, 0.15) is 25.0 Å². The molecule has 0 heterocycles. The summed E-state index contributed by atoms with van der Waals surface area (Å²) < 4.78 is 6.33. The molecular formula is C17H27BrN2O. The number of hydrogen-bond donors (Lipinski definition) is 1. The topological polar surface area (TPSA) is 24.5 Å². The molecule has 0 fully saturated rings. The average Bonchev–Trinajstić information content (AvgIpc) is 2.45. The third-order valence-corrected chi connectivity index (χ3v) is 3.96. The van der Waals surface area contributed by atoms with E-state index in [1.165, 1.54) is 11.1 Å². The summed E-state index contributed by atoms with van der Waals surface area (Å²) >= 11 is 3.69. The molecule has 3 nitrogen and oxygen atoms in total. The van der Waals surface area contributed by atoms with Crippen LogP contribution >= 0.6 is 15.9 Å². The maximum Gasteiger partial charge on any atom is 0.0589 e. The van der Waals surface area contributed by atoms with Crippen LogP contribution in [0.2, 0.25) is 0 Å². The van der Waals surface area contributed by atoms with Gasteiger partial charge in [-0.1, -0.05) is 48.0 Å². The van der Waals surface area contributed by atoms with Gasteiger partial charge < -0.3 is 10.1 Å². The molecule has 0 spiro atoms. The molecule has 1 N–H and O–H groups in total. The van der Waals surface area contributed by atoms with Gasteiger partial charge in [-0.15, -0.1) is 6.58 Å². The molecule has 0 bridgehead atoms. The highest BCUT2D eigenvalue weighted by Gasteiger charge is 2.08. The Morgan fingerprint density at radius 1 is 1.43 bits per heavy atom. The van der Waals surface area contributed by atoms with Crippen LogP contribution in [-0.2, 0) is 17.8 Å². The summed E-state index contributed by atoms with van der Waals surface area (Å²) in [6, 6.07) is 7.09. The molecule has 0 unspecified atom stereocenters. The number of nitrogens with one attached hydrogen (secondary N) is 1. The van der Waals surface area contributed by atoms with Gasteiger partial charge in [-0.05, 0) is 17.2 Å². The Kier molecular flexibility index (Phi) is 8.85. The number of rotatable bonds is 10. The molecule has 0 saturated carbocycles. The van der Waals surface area contributed by atoms with Gasteiger partial charge in [0.15, 0.2) is 0 Å². The van der Waals surface area contributed by atoms with Crippen molar-refractivity contribution in [3.63, 3.8) is 0 Å². The Balaban J connectivity index is 2.66. The second-order valence-corrected chi connectivity index (χ2v) is 6.33. The molecule has 21 heavy (non-hydrogen) atoms. The van der Waals surface area contributed by atoms with Gasteiger partial charge in [-0.25, -0.2) is 0 Å². The van der Waals surface area contributed by atoms with E-state index in [-0.39, 0.29) is 0 Å². The average molecular weight is 355 g/mol. The molecule has 4 heteroatoms. The number of ether oxygens (including phenoxy) is 1. The van der Waals surface area contributed by atoms with Crippen molar-refractivity contribution in [2.75, 3.05) is 26.8 Å². The van der Waals surface area contributed by atoms with E-state index in [2.05, 4.69) is 64.8 Å². The fourth-order valence-electron chi connectivity index (χ4n) is 2.03. The first-order chi connectivity index (χ1) is 10.1. The first kappa shape index (κ1) is 18.4. The normalized spacial score (nSPS) is 11.3. The maximum atomic E-state index is 5.16. The van der Waals surface area contributed by atoms with Crippen molar-refractivity contribution in [1.82, 2.24) is 10.2 Å². The molecule has 0 aliphatic rings. The molecule has 0 saturated heterocycles. The van der Waals surface area contributed by atoms with Crippen LogP contribution in [0, 0.1) is 0 Å². The summed E-state index contributed by atoms with van der Waals surface area (Å²) in [6.45, 7) is 12.5. The lowest BCUT2D eigenvalue weighted by Gasteiger charge is -2.21. The summed E-state index contributed by atoms with van der Waals surface area (Å²) in [4.78, 5) is 2.32. The van der Waals surface area contributed by atoms with Crippen molar-refractivity contribution in [1.29, 1.82) is 0 Å². The highest BCUT2D eigenvalue weighted by Crippen LogP contribution is 2.20. The van der Waals surface area contributed by atoms with Crippen molar-refractivity contribution < 1.29 is 4.74 Å². The number of benzene rings is 1. The van der Waals surface area contributed by atoms with Crippen LogP contribution in [0.25, 0.3) is 0 Å². The van der Waals surface area contributed by atoms with Gasteiger partial charge in [0, 0.05) is 43.8 Å². The third kappa shape index (κ3) is 7.23. The first-order valence-corrected chi connectivity index (χ1v) is 8.19. The molecule has 0 aliphatic carbocycles. The fourth-order valence-corrected chi connectivity index (χ4v) is 2.58. The van der Waals surface area contributed by atoms with Crippen molar-refractivity contribution in [3.05, 3.63) is 46.5 Å². The predicted octanol–water partition coefficient (Wildman–Crippen LogP) is 3.58. The zero-order valence-electron chi connectivity index (χ0n) is 13.4.